The summed E-state index contributed by atoms with van der Waals surface area (Å²) >= 11 is 2.03. The molecule has 0 spiro atoms. The van der Waals surface area contributed by atoms with Crippen LogP contribution in [0, 0.1) is 0 Å². The maximum Gasteiger partial charge on any atom is 0.222 e. The lowest BCUT2D eigenvalue weighted by atomic mass is 10.2. The van der Waals surface area contributed by atoms with E-state index in [0.717, 1.165) is 0 Å². The second-order valence-corrected chi connectivity index (χ2v) is 5.53. The first kappa shape index (κ1) is 11.5. The molecular weight excluding hydrogens is 220 g/mol. The van der Waals surface area contributed by atoms with Crippen molar-refractivity contribution in [1.82, 2.24) is 9.97 Å². The molecule has 2 atom stereocenters. The summed E-state index contributed by atoms with van der Waals surface area (Å²) in [6.45, 7) is 2.21. The smallest absolute Gasteiger partial charge is 0.222 e. The Bertz CT molecular complexity index is 327. The highest BCUT2D eigenvalue weighted by atomic mass is 32.2. The third-order valence-electron chi connectivity index (χ3n) is 2.82. The second kappa shape index (κ2) is 5.39. The Hall–Kier alpha value is -0.970. The van der Waals surface area contributed by atoms with Gasteiger partial charge in [-0.25, -0.2) is 9.97 Å². The van der Waals surface area contributed by atoms with Crippen molar-refractivity contribution < 1.29 is 0 Å². The van der Waals surface area contributed by atoms with Gasteiger partial charge in [-0.3, -0.25) is 0 Å². The highest BCUT2D eigenvalue weighted by molar-refractivity contribution is 7.99. The van der Waals surface area contributed by atoms with Crippen molar-refractivity contribution in [2.75, 3.05) is 16.8 Å². The summed E-state index contributed by atoms with van der Waals surface area (Å²) in [6.07, 6.45) is 7.10. The molecule has 1 saturated carbocycles. The molecule has 3 N–H and O–H groups in total. The zero-order valence-corrected chi connectivity index (χ0v) is 10.3. The highest BCUT2D eigenvalue weighted by Crippen LogP contribution is 2.31. The van der Waals surface area contributed by atoms with Crippen LogP contribution in [-0.2, 0) is 0 Å². The van der Waals surface area contributed by atoms with E-state index in [1.807, 2.05) is 11.8 Å². The van der Waals surface area contributed by atoms with Crippen LogP contribution in [0.15, 0.2) is 12.4 Å². The normalized spacial score (nSPS) is 24.6. The van der Waals surface area contributed by atoms with E-state index >= 15 is 0 Å². The van der Waals surface area contributed by atoms with E-state index in [1.165, 1.54) is 25.0 Å². The molecule has 16 heavy (non-hydrogen) atoms. The van der Waals surface area contributed by atoms with Crippen LogP contribution in [0.5, 0.6) is 0 Å². The van der Waals surface area contributed by atoms with Gasteiger partial charge in [0.05, 0.1) is 18.1 Å². The average Bonchev–Trinajstić information content (AvgIpc) is 2.70. The first-order valence-electron chi connectivity index (χ1n) is 5.75. The Balaban J connectivity index is 1.95. The van der Waals surface area contributed by atoms with Gasteiger partial charge in [-0.15, -0.1) is 0 Å². The molecule has 0 aromatic carbocycles. The van der Waals surface area contributed by atoms with Gasteiger partial charge < -0.3 is 11.1 Å². The van der Waals surface area contributed by atoms with E-state index in [2.05, 4.69) is 22.2 Å². The Morgan fingerprint density at radius 2 is 2.19 bits per heavy atom. The molecule has 4 nitrogen and oxygen atoms in total. The van der Waals surface area contributed by atoms with Crippen molar-refractivity contribution in [3.05, 3.63) is 12.4 Å². The molecule has 0 amide bonds. The van der Waals surface area contributed by atoms with Gasteiger partial charge in [0.2, 0.25) is 5.95 Å². The zero-order chi connectivity index (χ0) is 11.4. The molecule has 1 aliphatic rings. The summed E-state index contributed by atoms with van der Waals surface area (Å²) in [5.74, 6) is 1.87. The van der Waals surface area contributed by atoms with Crippen LogP contribution in [0.1, 0.15) is 26.2 Å². The quantitative estimate of drug-likeness (QED) is 0.841. The summed E-state index contributed by atoms with van der Waals surface area (Å²) in [5.41, 5.74) is 6.16. The highest BCUT2D eigenvalue weighted by Gasteiger charge is 2.27. The Kier molecular flexibility index (Phi) is 3.88. The van der Waals surface area contributed by atoms with E-state index < -0.39 is 0 Å². The number of nitrogen functional groups attached to an aromatic ring is 1. The van der Waals surface area contributed by atoms with E-state index in [0.29, 0.717) is 22.9 Å². The molecule has 1 aliphatic carbocycles. The molecule has 2 unspecified atom stereocenters. The summed E-state index contributed by atoms with van der Waals surface area (Å²) in [5, 5.41) is 4.10. The Labute approximate surface area is 100 Å². The van der Waals surface area contributed by atoms with Crippen molar-refractivity contribution >= 4 is 23.4 Å². The predicted octanol–water partition coefficient (Wildman–Crippen LogP) is 2.14. The Morgan fingerprint density at radius 1 is 1.44 bits per heavy atom. The van der Waals surface area contributed by atoms with Gasteiger partial charge in [0.25, 0.3) is 0 Å². The number of rotatable bonds is 4. The molecule has 88 valence electrons. The number of anilines is 2. The fourth-order valence-corrected chi connectivity index (χ4v) is 3.28. The fourth-order valence-electron chi connectivity index (χ4n) is 2.08. The fraction of sp³-hybridized carbons (Fsp3) is 0.636. The van der Waals surface area contributed by atoms with Crippen LogP contribution in [0.2, 0.25) is 0 Å². The van der Waals surface area contributed by atoms with E-state index in [4.69, 9.17) is 5.73 Å². The SMILES string of the molecule is CCSC1CCCC1Nc1ncc(N)cn1. The van der Waals surface area contributed by atoms with E-state index in [9.17, 15) is 0 Å². The Morgan fingerprint density at radius 3 is 2.88 bits per heavy atom. The maximum atomic E-state index is 5.55. The van der Waals surface area contributed by atoms with Gasteiger partial charge in [-0.1, -0.05) is 13.3 Å². The van der Waals surface area contributed by atoms with Crippen LogP contribution >= 0.6 is 11.8 Å². The van der Waals surface area contributed by atoms with Crippen molar-refractivity contribution in [3.63, 3.8) is 0 Å². The molecule has 0 saturated heterocycles. The van der Waals surface area contributed by atoms with Gasteiger partial charge in [-0.2, -0.15) is 11.8 Å². The molecule has 1 heterocycles. The maximum absolute atomic E-state index is 5.55. The summed E-state index contributed by atoms with van der Waals surface area (Å²) < 4.78 is 0. The molecule has 1 aromatic heterocycles. The van der Waals surface area contributed by atoms with Crippen LogP contribution in [-0.4, -0.2) is 27.0 Å². The minimum Gasteiger partial charge on any atom is -0.396 e. The molecule has 2 rings (SSSR count). The standard InChI is InChI=1S/C11H18N4S/c1-2-16-10-5-3-4-9(10)15-11-13-6-8(12)7-14-11/h6-7,9-10H,2-5,12H2,1H3,(H,13,14,15). The third kappa shape index (κ3) is 2.78. The second-order valence-electron chi connectivity index (χ2n) is 4.02. The van der Waals surface area contributed by atoms with E-state index in [-0.39, 0.29) is 0 Å². The van der Waals surface area contributed by atoms with Crippen molar-refractivity contribution in [3.8, 4) is 0 Å². The molecule has 1 fully saturated rings. The predicted molar refractivity (Wildman–Crippen MR) is 69.6 cm³/mol. The van der Waals surface area contributed by atoms with Gasteiger partial charge in [0, 0.05) is 11.3 Å². The minimum atomic E-state index is 0.508. The number of thioether (sulfide) groups is 1. The average molecular weight is 238 g/mol. The third-order valence-corrected chi connectivity index (χ3v) is 4.15. The van der Waals surface area contributed by atoms with Gasteiger partial charge in [-0.05, 0) is 18.6 Å². The van der Waals surface area contributed by atoms with Crippen molar-refractivity contribution in [2.45, 2.75) is 37.5 Å². The zero-order valence-electron chi connectivity index (χ0n) is 9.52. The number of nitrogens with one attached hydrogen (secondary N) is 1. The lowest BCUT2D eigenvalue weighted by Crippen LogP contribution is -2.27. The molecule has 1 aromatic rings. The molecule has 5 heteroatoms. The lowest BCUT2D eigenvalue weighted by molar-refractivity contribution is 0.756. The first-order chi connectivity index (χ1) is 7.79. The molecular formula is C11H18N4S. The summed E-state index contributed by atoms with van der Waals surface area (Å²) in [6, 6.07) is 0.508. The van der Waals surface area contributed by atoms with Crippen LogP contribution in [0.25, 0.3) is 0 Å². The van der Waals surface area contributed by atoms with Crippen LogP contribution in [0.3, 0.4) is 0 Å². The minimum absolute atomic E-state index is 0.508. The molecule has 0 radical (unpaired) electrons. The number of hydrogen-bond donors (Lipinski definition) is 2. The summed E-state index contributed by atoms with van der Waals surface area (Å²) in [7, 11) is 0. The number of nitrogens with two attached hydrogens (primary N) is 1. The first-order valence-corrected chi connectivity index (χ1v) is 6.80. The molecule has 0 bridgehead atoms. The van der Waals surface area contributed by atoms with Crippen LogP contribution in [0.4, 0.5) is 11.6 Å². The monoisotopic (exact) mass is 238 g/mol. The topological polar surface area (TPSA) is 63.8 Å². The van der Waals surface area contributed by atoms with Crippen LogP contribution < -0.4 is 11.1 Å². The molecule has 0 aliphatic heterocycles. The van der Waals surface area contributed by atoms with Gasteiger partial charge in [0.15, 0.2) is 0 Å². The van der Waals surface area contributed by atoms with E-state index in [1.54, 1.807) is 12.4 Å². The summed E-state index contributed by atoms with van der Waals surface area (Å²) in [4.78, 5) is 8.36. The lowest BCUT2D eigenvalue weighted by Gasteiger charge is -2.19. The number of hydrogen-bond acceptors (Lipinski definition) is 5. The van der Waals surface area contributed by atoms with Crippen molar-refractivity contribution in [1.29, 1.82) is 0 Å². The van der Waals surface area contributed by atoms with Gasteiger partial charge >= 0.3 is 0 Å². The van der Waals surface area contributed by atoms with Crippen molar-refractivity contribution in [2.24, 2.45) is 0 Å². The number of nitrogens with zero attached hydrogens (tertiary/aromatic N) is 2. The largest absolute Gasteiger partial charge is 0.396 e. The number of aromatic nitrogens is 2. The van der Waals surface area contributed by atoms with Gasteiger partial charge in [0.1, 0.15) is 0 Å².